The standard InChI is InChI=1S/C12H24N2O3/c1-9(2)8-10(12(16)17-4)14-11(15)6-5-7-13-3/h9-10,13H,5-8H2,1-4H3,(H,14,15). The third-order valence-electron chi connectivity index (χ3n) is 2.36. The molecule has 1 unspecified atom stereocenters. The summed E-state index contributed by atoms with van der Waals surface area (Å²) in [4.78, 5) is 23.0. The molecule has 0 aliphatic carbocycles. The Morgan fingerprint density at radius 1 is 1.29 bits per heavy atom. The van der Waals surface area contributed by atoms with Gasteiger partial charge in [-0.15, -0.1) is 0 Å². The summed E-state index contributed by atoms with van der Waals surface area (Å²) in [6.07, 6.45) is 1.79. The molecule has 0 aliphatic rings. The number of methoxy groups -OCH3 is 1. The van der Waals surface area contributed by atoms with Crippen LogP contribution in [0.1, 0.15) is 33.1 Å². The average Bonchev–Trinajstić information content (AvgIpc) is 2.27. The molecule has 0 aromatic carbocycles. The summed E-state index contributed by atoms with van der Waals surface area (Å²) in [6, 6.07) is -0.526. The number of hydrogen-bond donors (Lipinski definition) is 2. The summed E-state index contributed by atoms with van der Waals surface area (Å²) in [5, 5.41) is 5.69. The van der Waals surface area contributed by atoms with Crippen LogP contribution in [0.3, 0.4) is 0 Å². The normalized spacial score (nSPS) is 12.3. The van der Waals surface area contributed by atoms with E-state index in [0.717, 1.165) is 13.0 Å². The second kappa shape index (κ2) is 8.98. The monoisotopic (exact) mass is 244 g/mol. The van der Waals surface area contributed by atoms with Gasteiger partial charge in [-0.25, -0.2) is 4.79 Å². The van der Waals surface area contributed by atoms with Crippen LogP contribution in [0, 0.1) is 5.92 Å². The molecule has 0 radical (unpaired) electrons. The Bertz CT molecular complexity index is 242. The van der Waals surface area contributed by atoms with E-state index in [1.807, 2.05) is 20.9 Å². The molecule has 0 fully saturated rings. The molecule has 5 nitrogen and oxygen atoms in total. The van der Waals surface area contributed by atoms with Crippen LogP contribution < -0.4 is 10.6 Å². The van der Waals surface area contributed by atoms with Crippen molar-refractivity contribution in [3.63, 3.8) is 0 Å². The van der Waals surface area contributed by atoms with E-state index in [2.05, 4.69) is 15.4 Å². The lowest BCUT2D eigenvalue weighted by atomic mass is 10.0. The minimum absolute atomic E-state index is 0.101. The predicted molar refractivity (Wildman–Crippen MR) is 66.6 cm³/mol. The molecule has 0 saturated heterocycles. The highest BCUT2D eigenvalue weighted by Gasteiger charge is 2.22. The van der Waals surface area contributed by atoms with E-state index in [1.165, 1.54) is 7.11 Å². The molecule has 0 rings (SSSR count). The highest BCUT2D eigenvalue weighted by atomic mass is 16.5. The maximum absolute atomic E-state index is 11.6. The second-order valence-corrected chi connectivity index (χ2v) is 4.48. The summed E-state index contributed by atoms with van der Waals surface area (Å²) >= 11 is 0. The van der Waals surface area contributed by atoms with Gasteiger partial charge in [0, 0.05) is 6.42 Å². The number of carbonyl (C=O) groups is 2. The molecule has 1 amide bonds. The maximum atomic E-state index is 11.6. The first kappa shape index (κ1) is 15.9. The first-order valence-electron chi connectivity index (χ1n) is 6.03. The Balaban J connectivity index is 4.13. The zero-order valence-corrected chi connectivity index (χ0v) is 11.2. The van der Waals surface area contributed by atoms with Crippen molar-refractivity contribution in [2.24, 2.45) is 5.92 Å². The van der Waals surface area contributed by atoms with Crippen LogP contribution in [-0.4, -0.2) is 38.6 Å². The van der Waals surface area contributed by atoms with E-state index in [0.29, 0.717) is 18.8 Å². The average molecular weight is 244 g/mol. The molecule has 0 aliphatic heterocycles. The number of esters is 1. The summed E-state index contributed by atoms with van der Waals surface area (Å²) in [7, 11) is 3.18. The molecule has 0 heterocycles. The third kappa shape index (κ3) is 7.74. The molecule has 0 saturated carbocycles. The number of nitrogens with one attached hydrogen (secondary N) is 2. The number of rotatable bonds is 8. The third-order valence-corrected chi connectivity index (χ3v) is 2.36. The van der Waals surface area contributed by atoms with E-state index < -0.39 is 6.04 Å². The summed E-state index contributed by atoms with van der Waals surface area (Å²) in [5.74, 6) is -0.145. The van der Waals surface area contributed by atoms with Crippen LogP contribution in [0.15, 0.2) is 0 Å². The van der Waals surface area contributed by atoms with Crippen molar-refractivity contribution in [1.29, 1.82) is 0 Å². The predicted octanol–water partition coefficient (Wildman–Crippen LogP) is 0.690. The first-order valence-corrected chi connectivity index (χ1v) is 6.03. The summed E-state index contributed by atoms with van der Waals surface area (Å²) in [5.41, 5.74) is 0. The quantitative estimate of drug-likeness (QED) is 0.487. The van der Waals surface area contributed by atoms with Gasteiger partial charge in [-0.2, -0.15) is 0 Å². The first-order chi connectivity index (χ1) is 8.01. The fourth-order valence-electron chi connectivity index (χ4n) is 1.52. The molecule has 0 aromatic heterocycles. The van der Waals surface area contributed by atoms with Gasteiger partial charge in [0.15, 0.2) is 0 Å². The highest BCUT2D eigenvalue weighted by Crippen LogP contribution is 2.06. The number of ether oxygens (including phenoxy) is 1. The van der Waals surface area contributed by atoms with Crippen LogP contribution >= 0.6 is 0 Å². The maximum Gasteiger partial charge on any atom is 0.328 e. The molecule has 5 heteroatoms. The molecule has 2 N–H and O–H groups in total. The van der Waals surface area contributed by atoms with E-state index >= 15 is 0 Å². The molecule has 0 bridgehead atoms. The van der Waals surface area contributed by atoms with Crippen molar-refractivity contribution in [1.82, 2.24) is 10.6 Å². The van der Waals surface area contributed by atoms with Gasteiger partial charge in [0.1, 0.15) is 6.04 Å². The van der Waals surface area contributed by atoms with Crippen molar-refractivity contribution < 1.29 is 14.3 Å². The van der Waals surface area contributed by atoms with Crippen molar-refractivity contribution >= 4 is 11.9 Å². The van der Waals surface area contributed by atoms with Crippen LogP contribution in [0.4, 0.5) is 0 Å². The van der Waals surface area contributed by atoms with Gasteiger partial charge < -0.3 is 15.4 Å². The molecule has 100 valence electrons. The Morgan fingerprint density at radius 2 is 1.94 bits per heavy atom. The van der Waals surface area contributed by atoms with Crippen LogP contribution in [0.25, 0.3) is 0 Å². The molecule has 0 spiro atoms. The number of amides is 1. The topological polar surface area (TPSA) is 67.4 Å². The van der Waals surface area contributed by atoms with Gasteiger partial charge in [-0.3, -0.25) is 4.79 Å². The SMILES string of the molecule is CNCCCC(=O)NC(CC(C)C)C(=O)OC. The van der Waals surface area contributed by atoms with E-state index in [-0.39, 0.29) is 11.9 Å². The van der Waals surface area contributed by atoms with Crippen molar-refractivity contribution in [2.45, 2.75) is 39.2 Å². The van der Waals surface area contributed by atoms with E-state index in [1.54, 1.807) is 0 Å². The molecule has 0 aromatic rings. The summed E-state index contributed by atoms with van der Waals surface area (Å²) < 4.78 is 4.67. The van der Waals surface area contributed by atoms with E-state index in [9.17, 15) is 9.59 Å². The van der Waals surface area contributed by atoms with Crippen molar-refractivity contribution in [3.05, 3.63) is 0 Å². The van der Waals surface area contributed by atoms with E-state index in [4.69, 9.17) is 0 Å². The zero-order chi connectivity index (χ0) is 13.3. The summed E-state index contributed by atoms with van der Waals surface area (Å²) in [6.45, 7) is 4.80. The van der Waals surface area contributed by atoms with Crippen molar-refractivity contribution in [2.75, 3.05) is 20.7 Å². The smallest absolute Gasteiger partial charge is 0.328 e. The second-order valence-electron chi connectivity index (χ2n) is 4.48. The fraction of sp³-hybridized carbons (Fsp3) is 0.833. The highest BCUT2D eigenvalue weighted by molar-refractivity contribution is 5.84. The van der Waals surface area contributed by atoms with Gasteiger partial charge in [0.05, 0.1) is 7.11 Å². The van der Waals surface area contributed by atoms with Crippen LogP contribution in [-0.2, 0) is 14.3 Å². The van der Waals surface area contributed by atoms with Crippen molar-refractivity contribution in [3.8, 4) is 0 Å². The molecular formula is C12H24N2O3. The Labute approximate surface area is 103 Å². The lowest BCUT2D eigenvalue weighted by Crippen LogP contribution is -2.42. The fourth-order valence-corrected chi connectivity index (χ4v) is 1.52. The Kier molecular flexibility index (Phi) is 8.40. The van der Waals surface area contributed by atoms with Gasteiger partial charge in [-0.05, 0) is 32.4 Å². The number of carbonyl (C=O) groups excluding carboxylic acids is 2. The molecule has 17 heavy (non-hydrogen) atoms. The zero-order valence-electron chi connectivity index (χ0n) is 11.2. The lowest BCUT2D eigenvalue weighted by Gasteiger charge is -2.18. The molecule has 1 atom stereocenters. The van der Waals surface area contributed by atoms with Crippen LogP contribution in [0.2, 0.25) is 0 Å². The number of hydrogen-bond acceptors (Lipinski definition) is 4. The Hall–Kier alpha value is -1.10. The lowest BCUT2D eigenvalue weighted by molar-refractivity contribution is -0.145. The van der Waals surface area contributed by atoms with Crippen LogP contribution in [0.5, 0.6) is 0 Å². The van der Waals surface area contributed by atoms with Gasteiger partial charge in [0.2, 0.25) is 5.91 Å². The van der Waals surface area contributed by atoms with Gasteiger partial charge >= 0.3 is 5.97 Å². The minimum Gasteiger partial charge on any atom is -0.467 e. The van der Waals surface area contributed by atoms with Gasteiger partial charge in [-0.1, -0.05) is 13.8 Å². The minimum atomic E-state index is -0.526. The molecular weight excluding hydrogens is 220 g/mol. The Morgan fingerprint density at radius 3 is 2.41 bits per heavy atom. The van der Waals surface area contributed by atoms with Gasteiger partial charge in [0.25, 0.3) is 0 Å². The largest absolute Gasteiger partial charge is 0.467 e.